The van der Waals surface area contributed by atoms with E-state index < -0.39 is 0 Å². The lowest BCUT2D eigenvalue weighted by molar-refractivity contribution is 0.171. The average molecular weight is 286 g/mol. The first-order valence-corrected chi connectivity index (χ1v) is 7.39. The first-order valence-electron chi connectivity index (χ1n) is 7.39. The fraction of sp³-hybridized carbons (Fsp3) is 0.438. The van der Waals surface area contributed by atoms with E-state index in [0.717, 1.165) is 28.4 Å². The number of nitrogens with two attached hydrogens (primary N) is 1. The molecule has 1 aliphatic heterocycles. The van der Waals surface area contributed by atoms with E-state index in [1.54, 1.807) is 0 Å². The van der Waals surface area contributed by atoms with Gasteiger partial charge in [-0.25, -0.2) is 0 Å². The molecule has 1 aromatic heterocycles. The van der Waals surface area contributed by atoms with Crippen molar-refractivity contribution in [3.63, 3.8) is 0 Å². The van der Waals surface area contributed by atoms with Crippen LogP contribution in [0.1, 0.15) is 31.4 Å². The van der Waals surface area contributed by atoms with Crippen LogP contribution in [0.3, 0.4) is 0 Å². The predicted octanol–water partition coefficient (Wildman–Crippen LogP) is 3.21. The van der Waals surface area contributed by atoms with Crippen molar-refractivity contribution in [1.29, 1.82) is 0 Å². The van der Waals surface area contributed by atoms with Gasteiger partial charge in [-0.1, -0.05) is 18.1 Å². The lowest BCUT2D eigenvalue weighted by Crippen LogP contribution is -2.15. The first kappa shape index (κ1) is 12.6. The van der Waals surface area contributed by atoms with E-state index in [-0.39, 0.29) is 0 Å². The van der Waals surface area contributed by atoms with E-state index in [1.165, 1.54) is 12.8 Å². The molecule has 5 nitrogen and oxygen atoms in total. The quantitative estimate of drug-likeness (QED) is 0.938. The lowest BCUT2D eigenvalue weighted by Gasteiger charge is -2.19. The van der Waals surface area contributed by atoms with Crippen LogP contribution in [0.4, 0.5) is 5.82 Å². The Hall–Kier alpha value is -2.17. The van der Waals surface area contributed by atoms with Crippen molar-refractivity contribution >= 4 is 5.82 Å². The van der Waals surface area contributed by atoms with Gasteiger partial charge >= 0.3 is 0 Å². The third-order valence-electron chi connectivity index (χ3n) is 4.32. The van der Waals surface area contributed by atoms with Crippen LogP contribution in [0.15, 0.2) is 22.7 Å². The van der Waals surface area contributed by atoms with Gasteiger partial charge in [0.05, 0.1) is 5.56 Å². The molecule has 2 aliphatic rings. The maximum Gasteiger partial charge on any atom is 0.175 e. The van der Waals surface area contributed by atoms with Crippen molar-refractivity contribution < 1.29 is 14.0 Å². The molecule has 0 saturated heterocycles. The molecule has 1 saturated carbocycles. The van der Waals surface area contributed by atoms with Crippen molar-refractivity contribution in [2.75, 3.05) is 18.9 Å². The second-order valence-electron chi connectivity index (χ2n) is 5.79. The van der Waals surface area contributed by atoms with Gasteiger partial charge in [0.15, 0.2) is 17.3 Å². The van der Waals surface area contributed by atoms with Gasteiger partial charge in [0.25, 0.3) is 0 Å². The Kier molecular flexibility index (Phi) is 2.80. The Morgan fingerprint density at radius 3 is 2.71 bits per heavy atom. The molecule has 5 heteroatoms. The minimum Gasteiger partial charge on any atom is -0.486 e. The minimum absolute atomic E-state index is 0.345. The molecule has 1 atom stereocenters. The monoisotopic (exact) mass is 286 g/mol. The van der Waals surface area contributed by atoms with E-state index in [2.05, 4.69) is 12.1 Å². The fourth-order valence-corrected chi connectivity index (χ4v) is 2.93. The second-order valence-corrected chi connectivity index (χ2v) is 5.79. The number of aromatic nitrogens is 1. The Morgan fingerprint density at radius 1 is 1.19 bits per heavy atom. The summed E-state index contributed by atoms with van der Waals surface area (Å²) >= 11 is 0. The number of rotatable bonds is 3. The van der Waals surface area contributed by atoms with Gasteiger partial charge in [-0.3, -0.25) is 0 Å². The minimum atomic E-state index is 0.345. The number of hydrogen-bond acceptors (Lipinski definition) is 5. The molecule has 4 rings (SSSR count). The van der Waals surface area contributed by atoms with E-state index >= 15 is 0 Å². The highest BCUT2D eigenvalue weighted by molar-refractivity contribution is 5.77. The Morgan fingerprint density at radius 2 is 1.95 bits per heavy atom. The summed E-state index contributed by atoms with van der Waals surface area (Å²) < 4.78 is 16.7. The van der Waals surface area contributed by atoms with E-state index in [9.17, 15) is 0 Å². The Labute approximate surface area is 123 Å². The number of ether oxygens (including phenoxy) is 2. The van der Waals surface area contributed by atoms with E-state index in [0.29, 0.717) is 30.9 Å². The highest BCUT2D eigenvalue weighted by Gasteiger charge is 2.34. The zero-order valence-corrected chi connectivity index (χ0v) is 12.0. The van der Waals surface area contributed by atoms with Crippen LogP contribution in [0.5, 0.6) is 11.5 Å². The molecule has 0 radical (unpaired) electrons. The molecule has 1 unspecified atom stereocenters. The Balaban J connectivity index is 1.77. The summed E-state index contributed by atoms with van der Waals surface area (Å²) in [6.07, 6.45) is 2.50. The van der Waals surface area contributed by atoms with Crippen LogP contribution in [-0.4, -0.2) is 18.4 Å². The second kappa shape index (κ2) is 4.69. The zero-order valence-electron chi connectivity index (χ0n) is 12.0. The van der Waals surface area contributed by atoms with Gasteiger partial charge in [0.2, 0.25) is 0 Å². The molecule has 1 aliphatic carbocycles. The van der Waals surface area contributed by atoms with Gasteiger partial charge in [-0.2, -0.15) is 0 Å². The zero-order chi connectivity index (χ0) is 14.4. The van der Waals surface area contributed by atoms with Crippen molar-refractivity contribution in [3.05, 3.63) is 24.0 Å². The van der Waals surface area contributed by atoms with E-state index in [1.807, 2.05) is 18.2 Å². The fourth-order valence-electron chi connectivity index (χ4n) is 2.93. The van der Waals surface area contributed by atoms with Gasteiger partial charge in [0, 0.05) is 5.92 Å². The predicted molar refractivity (Wildman–Crippen MR) is 78.5 cm³/mol. The molecule has 0 bridgehead atoms. The Bertz CT molecular complexity index is 676. The van der Waals surface area contributed by atoms with Gasteiger partial charge in [-0.05, 0) is 36.5 Å². The molecular weight excluding hydrogens is 268 g/mol. The highest BCUT2D eigenvalue weighted by Crippen LogP contribution is 2.47. The first-order chi connectivity index (χ1) is 10.2. The normalized spacial score (nSPS) is 18.5. The number of nitrogen functional groups attached to an aromatic ring is 1. The van der Waals surface area contributed by atoms with E-state index in [4.69, 9.17) is 19.7 Å². The van der Waals surface area contributed by atoms with Gasteiger partial charge < -0.3 is 19.7 Å². The van der Waals surface area contributed by atoms with Crippen LogP contribution in [0, 0.1) is 5.92 Å². The molecule has 2 N–H and O–H groups in total. The molecule has 1 fully saturated rings. The van der Waals surface area contributed by atoms with Crippen LogP contribution in [0.2, 0.25) is 0 Å². The third kappa shape index (κ3) is 2.13. The summed E-state index contributed by atoms with van der Waals surface area (Å²) in [5.74, 6) is 3.88. The molecule has 0 amide bonds. The number of nitrogens with zero attached hydrogens (tertiary/aromatic N) is 1. The molecular formula is C16H18N2O3. The molecule has 21 heavy (non-hydrogen) atoms. The molecule has 2 aromatic rings. The largest absolute Gasteiger partial charge is 0.486 e. The third-order valence-corrected chi connectivity index (χ3v) is 4.32. The van der Waals surface area contributed by atoms with Gasteiger partial charge in [-0.15, -0.1) is 0 Å². The molecule has 0 spiro atoms. The van der Waals surface area contributed by atoms with Crippen molar-refractivity contribution in [3.8, 4) is 22.6 Å². The highest BCUT2D eigenvalue weighted by atomic mass is 16.6. The SMILES string of the molecule is CC(c1onc(N)c1-c1ccc2c(c1)OCCO2)C1CC1. The maximum absolute atomic E-state index is 6.03. The van der Waals surface area contributed by atoms with Crippen molar-refractivity contribution in [2.45, 2.75) is 25.7 Å². The van der Waals surface area contributed by atoms with Crippen LogP contribution >= 0.6 is 0 Å². The molecule has 1 aromatic carbocycles. The average Bonchev–Trinajstić information content (AvgIpc) is 3.29. The standard InChI is InChI=1S/C16H18N2O3/c1-9(10-2-3-10)15-14(16(17)18-21-15)11-4-5-12-13(8-11)20-7-6-19-12/h4-5,8-10H,2-3,6-7H2,1H3,(H2,17,18). The van der Waals surface area contributed by atoms with Crippen LogP contribution < -0.4 is 15.2 Å². The summed E-state index contributed by atoms with van der Waals surface area (Å²) in [6, 6.07) is 5.86. The molecule has 110 valence electrons. The number of benzene rings is 1. The summed E-state index contributed by atoms with van der Waals surface area (Å²) in [6.45, 7) is 3.34. The summed E-state index contributed by atoms with van der Waals surface area (Å²) in [4.78, 5) is 0. The number of hydrogen-bond donors (Lipinski definition) is 1. The smallest absolute Gasteiger partial charge is 0.175 e. The topological polar surface area (TPSA) is 70.5 Å². The number of anilines is 1. The summed E-state index contributed by atoms with van der Waals surface area (Å²) in [7, 11) is 0. The van der Waals surface area contributed by atoms with Crippen molar-refractivity contribution in [1.82, 2.24) is 5.16 Å². The van der Waals surface area contributed by atoms with Gasteiger partial charge in [0.1, 0.15) is 19.0 Å². The number of fused-ring (bicyclic) bond motifs is 1. The maximum atomic E-state index is 6.03. The van der Waals surface area contributed by atoms with Crippen LogP contribution in [-0.2, 0) is 0 Å². The molecule has 2 heterocycles. The van der Waals surface area contributed by atoms with Crippen LogP contribution in [0.25, 0.3) is 11.1 Å². The van der Waals surface area contributed by atoms with Crippen molar-refractivity contribution in [2.24, 2.45) is 5.92 Å². The summed E-state index contributed by atoms with van der Waals surface area (Å²) in [5, 5.41) is 3.97. The summed E-state index contributed by atoms with van der Waals surface area (Å²) in [5.41, 5.74) is 7.90. The lowest BCUT2D eigenvalue weighted by atomic mass is 9.95.